The number of carbonyl (C=O) groups is 2. The van der Waals surface area contributed by atoms with E-state index in [0.29, 0.717) is 0 Å². The van der Waals surface area contributed by atoms with Gasteiger partial charge >= 0.3 is 0 Å². The summed E-state index contributed by atoms with van der Waals surface area (Å²) in [4.78, 5) is 28.1. The Morgan fingerprint density at radius 2 is 1.77 bits per heavy atom. The largest absolute Gasteiger partial charge is 0.352 e. The van der Waals surface area contributed by atoms with E-state index in [1.54, 1.807) is 13.0 Å². The van der Waals surface area contributed by atoms with Crippen LogP contribution in [0.15, 0.2) is 42.5 Å². The van der Waals surface area contributed by atoms with E-state index in [9.17, 15) is 18.0 Å². The second-order valence-electron chi connectivity index (χ2n) is 9.02. The first-order valence-corrected chi connectivity index (χ1v) is 14.1. The fraction of sp³-hybridized carbons (Fsp3) is 0.440. The highest BCUT2D eigenvalue weighted by molar-refractivity contribution is 7.92. The molecule has 35 heavy (non-hydrogen) atoms. The van der Waals surface area contributed by atoms with Crippen molar-refractivity contribution in [2.45, 2.75) is 58.2 Å². The zero-order valence-corrected chi connectivity index (χ0v) is 22.5. The van der Waals surface area contributed by atoms with Crippen LogP contribution in [0.3, 0.4) is 0 Å². The molecule has 1 atom stereocenters. The maximum absolute atomic E-state index is 13.6. The van der Waals surface area contributed by atoms with Crippen LogP contribution in [-0.4, -0.2) is 50.0 Å². The van der Waals surface area contributed by atoms with Crippen molar-refractivity contribution in [2.75, 3.05) is 17.1 Å². The van der Waals surface area contributed by atoms with E-state index < -0.39 is 28.5 Å². The summed E-state index contributed by atoms with van der Waals surface area (Å²) in [5.74, 6) is -0.786. The summed E-state index contributed by atoms with van der Waals surface area (Å²) in [5, 5.41) is 3.24. The molecular formula is C25H31Cl2N3O4S. The average molecular weight is 541 g/mol. The Labute approximate surface area is 217 Å². The molecule has 2 aromatic rings. The van der Waals surface area contributed by atoms with Gasteiger partial charge in [-0.3, -0.25) is 13.9 Å². The van der Waals surface area contributed by atoms with Gasteiger partial charge < -0.3 is 10.2 Å². The molecule has 0 aromatic heterocycles. The molecule has 1 aliphatic rings. The second kappa shape index (κ2) is 11.6. The number of benzene rings is 2. The van der Waals surface area contributed by atoms with Crippen molar-refractivity contribution in [2.24, 2.45) is 0 Å². The van der Waals surface area contributed by atoms with E-state index in [1.165, 1.54) is 17.0 Å². The van der Waals surface area contributed by atoms with Gasteiger partial charge in [0.1, 0.15) is 12.6 Å². The van der Waals surface area contributed by atoms with E-state index in [2.05, 4.69) is 5.32 Å². The second-order valence-corrected chi connectivity index (χ2v) is 11.7. The SMILES string of the molecule is Cc1cccc(CN(C(=O)CN(c2cccc(Cl)c2Cl)S(C)(=O)=O)[C@H](C)C(=O)NC2CCCC2)c1. The molecule has 0 aliphatic heterocycles. The summed E-state index contributed by atoms with van der Waals surface area (Å²) in [5.41, 5.74) is 1.96. The maximum Gasteiger partial charge on any atom is 0.244 e. The predicted octanol–water partition coefficient (Wildman–Crippen LogP) is 4.54. The molecule has 0 spiro atoms. The fourth-order valence-corrected chi connectivity index (χ4v) is 5.56. The quantitative estimate of drug-likeness (QED) is 0.506. The number of nitrogens with zero attached hydrogens (tertiary/aromatic N) is 2. The van der Waals surface area contributed by atoms with Gasteiger partial charge in [-0.1, -0.05) is 71.9 Å². The lowest BCUT2D eigenvalue weighted by molar-refractivity contribution is -0.139. The predicted molar refractivity (Wildman–Crippen MR) is 140 cm³/mol. The maximum atomic E-state index is 13.6. The molecule has 190 valence electrons. The van der Waals surface area contributed by atoms with Crippen LogP contribution in [0.5, 0.6) is 0 Å². The molecule has 1 N–H and O–H groups in total. The molecular weight excluding hydrogens is 509 g/mol. The number of anilines is 1. The van der Waals surface area contributed by atoms with E-state index in [-0.39, 0.29) is 34.2 Å². The van der Waals surface area contributed by atoms with Gasteiger partial charge in [0.05, 0.1) is 22.0 Å². The van der Waals surface area contributed by atoms with Gasteiger partial charge in [0.2, 0.25) is 21.8 Å². The third-order valence-electron chi connectivity index (χ3n) is 6.18. The van der Waals surface area contributed by atoms with Crippen LogP contribution in [0, 0.1) is 6.92 Å². The van der Waals surface area contributed by atoms with Gasteiger partial charge in [-0.15, -0.1) is 0 Å². The van der Waals surface area contributed by atoms with E-state index in [0.717, 1.165) is 47.4 Å². The number of nitrogens with one attached hydrogen (secondary N) is 1. The van der Waals surface area contributed by atoms with E-state index in [1.807, 2.05) is 31.2 Å². The monoisotopic (exact) mass is 539 g/mol. The van der Waals surface area contributed by atoms with Crippen molar-refractivity contribution in [1.82, 2.24) is 10.2 Å². The molecule has 1 saturated carbocycles. The highest BCUT2D eigenvalue weighted by Crippen LogP contribution is 2.33. The minimum atomic E-state index is -3.89. The molecule has 0 bridgehead atoms. The summed E-state index contributed by atoms with van der Waals surface area (Å²) >= 11 is 12.4. The summed E-state index contributed by atoms with van der Waals surface area (Å²) < 4.78 is 26.3. The Balaban J connectivity index is 1.91. The molecule has 0 saturated heterocycles. The smallest absolute Gasteiger partial charge is 0.244 e. The molecule has 7 nitrogen and oxygen atoms in total. The van der Waals surface area contributed by atoms with Crippen molar-refractivity contribution in [3.05, 3.63) is 63.6 Å². The van der Waals surface area contributed by atoms with E-state index in [4.69, 9.17) is 23.2 Å². The van der Waals surface area contributed by atoms with Crippen LogP contribution in [-0.2, 0) is 26.2 Å². The lowest BCUT2D eigenvalue weighted by atomic mass is 10.1. The van der Waals surface area contributed by atoms with Gasteiger partial charge in [0.15, 0.2) is 0 Å². The van der Waals surface area contributed by atoms with Gasteiger partial charge in [0.25, 0.3) is 0 Å². The third kappa shape index (κ3) is 7.12. The third-order valence-corrected chi connectivity index (χ3v) is 8.12. The normalized spacial score (nSPS) is 15.0. The minimum Gasteiger partial charge on any atom is -0.352 e. The van der Waals surface area contributed by atoms with Gasteiger partial charge in [-0.05, 0) is 44.4 Å². The van der Waals surface area contributed by atoms with Crippen LogP contribution >= 0.6 is 23.2 Å². The molecule has 1 fully saturated rings. The van der Waals surface area contributed by atoms with Gasteiger partial charge in [0, 0.05) is 12.6 Å². The Bertz CT molecular complexity index is 1180. The first kappa shape index (κ1) is 27.3. The number of amides is 2. The molecule has 0 unspecified atom stereocenters. The fourth-order valence-electron chi connectivity index (χ4n) is 4.26. The molecule has 3 rings (SSSR count). The minimum absolute atomic E-state index is 0.0321. The summed E-state index contributed by atoms with van der Waals surface area (Å²) in [6, 6.07) is 11.5. The van der Waals surface area contributed by atoms with Gasteiger partial charge in [-0.25, -0.2) is 8.42 Å². The van der Waals surface area contributed by atoms with Crippen LogP contribution < -0.4 is 9.62 Å². The number of rotatable bonds is 9. The Hall–Kier alpha value is -2.29. The highest BCUT2D eigenvalue weighted by atomic mass is 35.5. The van der Waals surface area contributed by atoms with Crippen molar-refractivity contribution in [3.63, 3.8) is 0 Å². The first-order valence-electron chi connectivity index (χ1n) is 11.5. The number of hydrogen-bond acceptors (Lipinski definition) is 4. The number of aryl methyl sites for hydroxylation is 1. The van der Waals surface area contributed by atoms with Gasteiger partial charge in [-0.2, -0.15) is 0 Å². The number of sulfonamides is 1. The zero-order chi connectivity index (χ0) is 25.8. The summed E-state index contributed by atoms with van der Waals surface area (Å²) in [7, 11) is -3.89. The summed E-state index contributed by atoms with van der Waals surface area (Å²) in [6.45, 7) is 3.24. The van der Waals surface area contributed by atoms with Crippen LogP contribution in [0.4, 0.5) is 5.69 Å². The van der Waals surface area contributed by atoms with Crippen LogP contribution in [0.1, 0.15) is 43.7 Å². The Kier molecular flexibility index (Phi) is 9.07. The van der Waals surface area contributed by atoms with Crippen LogP contribution in [0.25, 0.3) is 0 Å². The molecule has 10 heteroatoms. The van der Waals surface area contributed by atoms with E-state index >= 15 is 0 Å². The molecule has 0 heterocycles. The molecule has 0 radical (unpaired) electrons. The number of halogens is 2. The van der Waals surface area contributed by atoms with Crippen molar-refractivity contribution < 1.29 is 18.0 Å². The average Bonchev–Trinajstić information content (AvgIpc) is 3.29. The molecule has 1 aliphatic carbocycles. The Morgan fingerprint density at radius 1 is 1.11 bits per heavy atom. The summed E-state index contributed by atoms with van der Waals surface area (Å²) in [6.07, 6.45) is 4.96. The molecule has 2 aromatic carbocycles. The Morgan fingerprint density at radius 3 is 2.40 bits per heavy atom. The van der Waals surface area contributed by atoms with Crippen molar-refractivity contribution in [1.29, 1.82) is 0 Å². The molecule has 2 amide bonds. The number of hydrogen-bond donors (Lipinski definition) is 1. The van der Waals surface area contributed by atoms with Crippen LogP contribution in [0.2, 0.25) is 10.0 Å². The van der Waals surface area contributed by atoms with Crippen molar-refractivity contribution in [3.8, 4) is 0 Å². The van der Waals surface area contributed by atoms with Crippen molar-refractivity contribution >= 4 is 50.7 Å². The number of carbonyl (C=O) groups excluding carboxylic acids is 2. The highest BCUT2D eigenvalue weighted by Gasteiger charge is 2.32. The first-order chi connectivity index (χ1) is 16.5. The topological polar surface area (TPSA) is 86.8 Å². The lowest BCUT2D eigenvalue weighted by Crippen LogP contribution is -2.52. The standard InChI is InChI=1S/C25H31Cl2N3O4S/c1-17-8-6-9-19(14-17)15-29(18(2)25(32)28-20-10-4-5-11-20)23(31)16-30(35(3,33)34)22-13-7-12-21(26)24(22)27/h6-9,12-14,18,20H,4-5,10-11,15-16H2,1-3H3,(H,28,32)/t18-/m1/s1. The zero-order valence-electron chi connectivity index (χ0n) is 20.1. The lowest BCUT2D eigenvalue weighted by Gasteiger charge is -2.32.